The quantitative estimate of drug-likeness (QED) is 0.508. The minimum atomic E-state index is -4.47. The Morgan fingerprint density at radius 3 is 2.67 bits per heavy atom. The van der Waals surface area contributed by atoms with E-state index in [1.54, 1.807) is 18.3 Å². The van der Waals surface area contributed by atoms with E-state index in [1.807, 2.05) is 11.0 Å². The zero-order valence-electron chi connectivity index (χ0n) is 19.5. The van der Waals surface area contributed by atoms with Gasteiger partial charge in [-0.15, -0.1) is 10.2 Å². The smallest absolute Gasteiger partial charge is 0.378 e. The van der Waals surface area contributed by atoms with Gasteiger partial charge in [0.1, 0.15) is 5.69 Å². The molecule has 10 heteroatoms. The van der Waals surface area contributed by atoms with Crippen molar-refractivity contribution < 1.29 is 17.9 Å². The Kier molecular flexibility index (Phi) is 6.95. The molecule has 0 radical (unpaired) electrons. The van der Waals surface area contributed by atoms with Gasteiger partial charge in [-0.1, -0.05) is 30.4 Å². The minimum Gasteiger partial charge on any atom is -0.378 e. The third kappa shape index (κ3) is 5.54. The highest BCUT2D eigenvalue weighted by Crippen LogP contribution is 2.35. The fraction of sp³-hybridized carbons (Fsp3) is 0.308. The summed E-state index contributed by atoms with van der Waals surface area (Å²) in [5.41, 5.74) is 2.15. The zero-order chi connectivity index (χ0) is 25.0. The number of hydrogen-bond donors (Lipinski definition) is 1. The molecule has 1 aliphatic carbocycles. The van der Waals surface area contributed by atoms with E-state index in [4.69, 9.17) is 4.74 Å². The van der Waals surface area contributed by atoms with Gasteiger partial charge in [0, 0.05) is 37.0 Å². The minimum absolute atomic E-state index is 0.312. The second kappa shape index (κ2) is 10.4. The molecule has 186 valence electrons. The zero-order valence-corrected chi connectivity index (χ0v) is 19.5. The summed E-state index contributed by atoms with van der Waals surface area (Å²) in [5.74, 6) is 1.04. The Hall–Kier alpha value is -3.79. The number of ether oxygens (including phenoxy) is 1. The topological polar surface area (TPSA) is 76.1 Å². The number of rotatable bonds is 6. The fourth-order valence-electron chi connectivity index (χ4n) is 4.15. The maximum Gasteiger partial charge on any atom is 0.416 e. The second-order valence-corrected chi connectivity index (χ2v) is 8.52. The summed E-state index contributed by atoms with van der Waals surface area (Å²) >= 11 is 0. The van der Waals surface area contributed by atoms with Gasteiger partial charge in [0.15, 0.2) is 5.82 Å². The summed E-state index contributed by atoms with van der Waals surface area (Å²) in [7, 11) is 0. The van der Waals surface area contributed by atoms with E-state index in [0.717, 1.165) is 30.5 Å². The molecule has 0 saturated carbocycles. The number of halogens is 3. The molecular weight excluding hydrogens is 469 g/mol. The second-order valence-electron chi connectivity index (χ2n) is 8.52. The first-order chi connectivity index (χ1) is 17.5. The molecule has 0 bridgehead atoms. The van der Waals surface area contributed by atoms with Crippen molar-refractivity contribution in [2.75, 3.05) is 43.1 Å². The largest absolute Gasteiger partial charge is 0.416 e. The van der Waals surface area contributed by atoms with E-state index in [2.05, 4.69) is 43.7 Å². The molecule has 3 heterocycles. The van der Waals surface area contributed by atoms with E-state index in [9.17, 15) is 13.2 Å². The third-order valence-electron chi connectivity index (χ3n) is 6.03. The van der Waals surface area contributed by atoms with Crippen molar-refractivity contribution in [3.63, 3.8) is 0 Å². The first kappa shape index (κ1) is 23.9. The highest BCUT2D eigenvalue weighted by atomic mass is 19.4. The number of morpholine rings is 1. The van der Waals surface area contributed by atoms with Crippen LogP contribution in [-0.4, -0.2) is 53.0 Å². The van der Waals surface area contributed by atoms with Crippen LogP contribution in [0.1, 0.15) is 18.4 Å². The van der Waals surface area contributed by atoms with Crippen molar-refractivity contribution in [3.8, 4) is 22.5 Å². The normalized spacial score (nSPS) is 16.1. The molecule has 36 heavy (non-hydrogen) atoms. The molecule has 0 spiro atoms. The molecule has 1 N–H and O–H groups in total. The molecule has 2 aliphatic rings. The Balaban J connectivity index is 1.53. The van der Waals surface area contributed by atoms with Crippen molar-refractivity contribution in [1.29, 1.82) is 0 Å². The number of benzene rings is 1. The van der Waals surface area contributed by atoms with Gasteiger partial charge in [0.2, 0.25) is 5.95 Å². The van der Waals surface area contributed by atoms with E-state index < -0.39 is 11.7 Å². The van der Waals surface area contributed by atoms with Gasteiger partial charge in [-0.05, 0) is 42.7 Å². The van der Waals surface area contributed by atoms with Gasteiger partial charge in [0.05, 0.1) is 24.5 Å². The lowest BCUT2D eigenvalue weighted by Gasteiger charge is -2.27. The van der Waals surface area contributed by atoms with Gasteiger partial charge in [-0.25, -0.2) is 9.97 Å². The Bertz CT molecular complexity index is 1280. The van der Waals surface area contributed by atoms with E-state index in [-0.39, 0.29) is 0 Å². The predicted octanol–water partition coefficient (Wildman–Crippen LogP) is 5.14. The Labute approximate surface area is 206 Å². The predicted molar refractivity (Wildman–Crippen MR) is 131 cm³/mol. The molecule has 0 atom stereocenters. The highest BCUT2D eigenvalue weighted by Gasteiger charge is 2.31. The van der Waals surface area contributed by atoms with Gasteiger partial charge in [-0.3, -0.25) is 0 Å². The maximum atomic E-state index is 13.4. The summed E-state index contributed by atoms with van der Waals surface area (Å²) in [6.07, 6.45) is 5.57. The number of nitrogens with one attached hydrogen (secondary N) is 1. The molecule has 1 saturated heterocycles. The van der Waals surface area contributed by atoms with E-state index >= 15 is 0 Å². The summed E-state index contributed by atoms with van der Waals surface area (Å²) in [6, 6.07) is 8.65. The lowest BCUT2D eigenvalue weighted by atomic mass is 10.0. The monoisotopic (exact) mass is 494 g/mol. The molecule has 3 aromatic rings. The van der Waals surface area contributed by atoms with Crippen LogP contribution in [0.4, 0.5) is 24.9 Å². The third-order valence-corrected chi connectivity index (χ3v) is 6.03. The molecule has 5 rings (SSSR count). The number of alkyl halides is 3. The number of allylic oxidation sites excluding steroid dienone is 2. The number of nitrogens with zero attached hydrogens (tertiary/aromatic N) is 5. The van der Waals surface area contributed by atoms with Crippen LogP contribution in [0.15, 0.2) is 66.4 Å². The van der Waals surface area contributed by atoms with Crippen LogP contribution in [0.2, 0.25) is 0 Å². The number of hydrogen-bond acceptors (Lipinski definition) is 7. The first-order valence-corrected chi connectivity index (χ1v) is 11.8. The number of aromatic nitrogens is 4. The van der Waals surface area contributed by atoms with Crippen LogP contribution >= 0.6 is 0 Å². The van der Waals surface area contributed by atoms with Gasteiger partial charge in [0.25, 0.3) is 0 Å². The van der Waals surface area contributed by atoms with Gasteiger partial charge >= 0.3 is 6.18 Å². The average Bonchev–Trinajstić information content (AvgIpc) is 2.92. The molecule has 7 nitrogen and oxygen atoms in total. The van der Waals surface area contributed by atoms with E-state index in [1.165, 1.54) is 6.07 Å². The van der Waals surface area contributed by atoms with E-state index in [0.29, 0.717) is 67.1 Å². The Morgan fingerprint density at radius 1 is 1.03 bits per heavy atom. The SMILES string of the molecule is FC(F)(F)c1cccc(-c2nnc(N3CCOCC3)cc2-c2ccnc(NCC3=CCCC=C3)n2)c1. The standard InChI is InChI=1S/C26H25F3N6O/c27-26(28,29)20-8-4-7-19(15-20)24-21(16-23(33-34-24)35-11-13-36-14-12-35)22-9-10-30-25(32-22)31-17-18-5-2-1-3-6-18/h2,4-10,15-16H,1,3,11-14,17H2,(H,30,31,32). The molecule has 1 aliphatic heterocycles. The molecule has 1 fully saturated rings. The van der Waals surface area contributed by atoms with Crippen molar-refractivity contribution in [1.82, 2.24) is 20.2 Å². The first-order valence-electron chi connectivity index (χ1n) is 11.8. The van der Waals surface area contributed by atoms with Crippen molar-refractivity contribution in [2.45, 2.75) is 19.0 Å². The molecular formula is C26H25F3N6O. The molecule has 0 unspecified atom stereocenters. The lowest BCUT2D eigenvalue weighted by Crippen LogP contribution is -2.36. The fourth-order valence-corrected chi connectivity index (χ4v) is 4.15. The van der Waals surface area contributed by atoms with Crippen molar-refractivity contribution >= 4 is 11.8 Å². The molecule has 2 aromatic heterocycles. The summed E-state index contributed by atoms with van der Waals surface area (Å²) in [4.78, 5) is 11.0. The lowest BCUT2D eigenvalue weighted by molar-refractivity contribution is -0.137. The summed E-state index contributed by atoms with van der Waals surface area (Å²) in [6.45, 7) is 3.01. The van der Waals surface area contributed by atoms with Gasteiger partial charge < -0.3 is 15.0 Å². The average molecular weight is 495 g/mol. The van der Waals surface area contributed by atoms with Crippen LogP contribution in [0.25, 0.3) is 22.5 Å². The van der Waals surface area contributed by atoms with Crippen molar-refractivity contribution in [3.05, 3.63) is 72.0 Å². The van der Waals surface area contributed by atoms with Crippen molar-refractivity contribution in [2.24, 2.45) is 0 Å². The Morgan fingerprint density at radius 2 is 1.89 bits per heavy atom. The van der Waals surface area contributed by atoms with Crippen LogP contribution < -0.4 is 10.2 Å². The molecule has 0 amide bonds. The van der Waals surface area contributed by atoms with Crippen LogP contribution in [0.3, 0.4) is 0 Å². The molecule has 1 aromatic carbocycles. The van der Waals surface area contributed by atoms with Crippen LogP contribution in [-0.2, 0) is 10.9 Å². The number of anilines is 2. The highest BCUT2D eigenvalue weighted by molar-refractivity contribution is 5.81. The summed E-state index contributed by atoms with van der Waals surface area (Å²) < 4.78 is 45.7. The van der Waals surface area contributed by atoms with Gasteiger partial charge in [-0.2, -0.15) is 13.2 Å². The van der Waals surface area contributed by atoms with Crippen LogP contribution in [0, 0.1) is 0 Å². The van der Waals surface area contributed by atoms with Crippen LogP contribution in [0.5, 0.6) is 0 Å². The summed E-state index contributed by atoms with van der Waals surface area (Å²) in [5, 5.41) is 12.0. The maximum absolute atomic E-state index is 13.4.